The summed E-state index contributed by atoms with van der Waals surface area (Å²) in [5, 5.41) is 0.778. The standard InChI is InChI=1S/C10H12Cl2O/c11-8-13-7-1-2-9-3-5-10(12)6-4-9/h3-6H,1-2,7-8H2. The van der Waals surface area contributed by atoms with Gasteiger partial charge in [0.05, 0.1) is 0 Å². The lowest BCUT2D eigenvalue weighted by Crippen LogP contribution is -1.94. The molecule has 0 atom stereocenters. The molecular formula is C10H12Cl2O. The molecule has 1 aromatic rings. The number of alkyl halides is 1. The average molecular weight is 219 g/mol. The van der Waals surface area contributed by atoms with Crippen LogP contribution in [0.25, 0.3) is 0 Å². The van der Waals surface area contributed by atoms with Crippen molar-refractivity contribution < 1.29 is 4.74 Å². The van der Waals surface area contributed by atoms with Crippen molar-refractivity contribution in [2.75, 3.05) is 12.7 Å². The second-order valence-corrected chi connectivity index (χ2v) is 3.40. The number of hydrogen-bond acceptors (Lipinski definition) is 1. The van der Waals surface area contributed by atoms with E-state index in [1.54, 1.807) is 0 Å². The first kappa shape index (κ1) is 10.8. The predicted molar refractivity (Wildman–Crippen MR) is 56.4 cm³/mol. The molecule has 0 aliphatic carbocycles. The van der Waals surface area contributed by atoms with Gasteiger partial charge in [-0.15, -0.1) is 0 Å². The van der Waals surface area contributed by atoms with Crippen molar-refractivity contribution in [1.82, 2.24) is 0 Å². The number of benzene rings is 1. The lowest BCUT2D eigenvalue weighted by Gasteiger charge is -2.01. The Labute approximate surface area is 88.6 Å². The van der Waals surface area contributed by atoms with Gasteiger partial charge in [-0.25, -0.2) is 0 Å². The van der Waals surface area contributed by atoms with Gasteiger partial charge in [0.15, 0.2) is 0 Å². The molecule has 1 rings (SSSR count). The molecular weight excluding hydrogens is 207 g/mol. The molecule has 0 aromatic heterocycles. The molecule has 1 nitrogen and oxygen atoms in total. The van der Waals surface area contributed by atoms with E-state index in [9.17, 15) is 0 Å². The molecule has 13 heavy (non-hydrogen) atoms. The quantitative estimate of drug-likeness (QED) is 0.544. The van der Waals surface area contributed by atoms with Crippen molar-refractivity contribution in [2.45, 2.75) is 12.8 Å². The van der Waals surface area contributed by atoms with Crippen molar-refractivity contribution in [1.29, 1.82) is 0 Å². The maximum absolute atomic E-state index is 5.75. The topological polar surface area (TPSA) is 9.23 Å². The average Bonchev–Trinajstić information content (AvgIpc) is 2.15. The van der Waals surface area contributed by atoms with E-state index < -0.39 is 0 Å². The summed E-state index contributed by atoms with van der Waals surface area (Å²) in [6.45, 7) is 0.714. The Bertz CT molecular complexity index is 233. The first-order valence-corrected chi connectivity index (χ1v) is 5.12. The number of hydrogen-bond donors (Lipinski definition) is 0. The summed E-state index contributed by atoms with van der Waals surface area (Å²) in [6, 6.07) is 8.14. The Hall–Kier alpha value is -0.240. The molecule has 0 saturated heterocycles. The van der Waals surface area contributed by atoms with Crippen LogP contribution < -0.4 is 0 Å². The Balaban J connectivity index is 2.25. The first-order valence-electron chi connectivity index (χ1n) is 4.21. The number of halogens is 2. The molecule has 0 spiro atoms. The van der Waals surface area contributed by atoms with Crippen molar-refractivity contribution in [3.05, 3.63) is 34.9 Å². The van der Waals surface area contributed by atoms with Crippen LogP contribution in [0.3, 0.4) is 0 Å². The molecule has 1 aromatic carbocycles. The minimum absolute atomic E-state index is 0.278. The minimum atomic E-state index is 0.278. The van der Waals surface area contributed by atoms with Gasteiger partial charge in [-0.3, -0.25) is 0 Å². The third kappa shape index (κ3) is 4.51. The summed E-state index contributed by atoms with van der Waals surface area (Å²) in [4.78, 5) is 0. The van der Waals surface area contributed by atoms with E-state index in [2.05, 4.69) is 0 Å². The highest BCUT2D eigenvalue weighted by Crippen LogP contribution is 2.10. The van der Waals surface area contributed by atoms with Gasteiger partial charge in [0, 0.05) is 11.6 Å². The Morgan fingerprint density at radius 2 is 1.85 bits per heavy atom. The summed E-state index contributed by atoms with van der Waals surface area (Å²) in [5.41, 5.74) is 1.28. The third-order valence-corrected chi connectivity index (χ3v) is 2.15. The monoisotopic (exact) mass is 218 g/mol. The van der Waals surface area contributed by atoms with Crippen LogP contribution in [-0.2, 0) is 11.2 Å². The second kappa shape index (κ2) is 6.25. The molecule has 0 unspecified atom stereocenters. The van der Waals surface area contributed by atoms with Crippen LogP contribution in [0.5, 0.6) is 0 Å². The van der Waals surface area contributed by atoms with Gasteiger partial charge in [-0.05, 0) is 30.5 Å². The highest BCUT2D eigenvalue weighted by atomic mass is 35.5. The molecule has 3 heteroatoms. The van der Waals surface area contributed by atoms with Gasteiger partial charge in [0.25, 0.3) is 0 Å². The molecule has 0 radical (unpaired) electrons. The van der Waals surface area contributed by atoms with E-state index in [0.29, 0.717) is 6.61 Å². The van der Waals surface area contributed by atoms with Crippen molar-refractivity contribution in [3.63, 3.8) is 0 Å². The molecule has 0 aliphatic heterocycles. The van der Waals surface area contributed by atoms with Gasteiger partial charge in [0.1, 0.15) is 6.07 Å². The summed E-state index contributed by atoms with van der Waals surface area (Å²) in [6.07, 6.45) is 2.00. The maximum atomic E-state index is 5.75. The smallest absolute Gasteiger partial charge is 0.120 e. The molecule has 0 N–H and O–H groups in total. The summed E-state index contributed by atoms with van der Waals surface area (Å²) < 4.78 is 5.02. The predicted octanol–water partition coefficient (Wildman–Crippen LogP) is 3.49. The maximum Gasteiger partial charge on any atom is 0.120 e. The number of aryl methyl sites for hydroxylation is 1. The molecule has 0 bridgehead atoms. The highest BCUT2D eigenvalue weighted by molar-refractivity contribution is 6.30. The van der Waals surface area contributed by atoms with E-state index in [-0.39, 0.29) is 6.07 Å². The van der Waals surface area contributed by atoms with Crippen molar-refractivity contribution in [3.8, 4) is 0 Å². The van der Waals surface area contributed by atoms with E-state index >= 15 is 0 Å². The molecule has 72 valence electrons. The van der Waals surface area contributed by atoms with E-state index in [4.69, 9.17) is 27.9 Å². The normalized spacial score (nSPS) is 10.3. The number of rotatable bonds is 5. The van der Waals surface area contributed by atoms with Crippen LogP contribution in [0, 0.1) is 0 Å². The molecule has 0 heterocycles. The summed E-state index contributed by atoms with van der Waals surface area (Å²) in [5.74, 6) is 0. The zero-order valence-corrected chi connectivity index (χ0v) is 8.81. The first-order chi connectivity index (χ1) is 6.33. The van der Waals surface area contributed by atoms with E-state index in [0.717, 1.165) is 17.9 Å². The zero-order chi connectivity index (χ0) is 9.52. The van der Waals surface area contributed by atoms with Gasteiger partial charge >= 0.3 is 0 Å². The van der Waals surface area contributed by atoms with Gasteiger partial charge in [0.2, 0.25) is 0 Å². The Kier molecular flexibility index (Phi) is 5.21. The van der Waals surface area contributed by atoms with Gasteiger partial charge in [-0.2, -0.15) is 0 Å². The van der Waals surface area contributed by atoms with Gasteiger partial charge < -0.3 is 4.74 Å². The van der Waals surface area contributed by atoms with Crippen molar-refractivity contribution in [2.24, 2.45) is 0 Å². The van der Waals surface area contributed by atoms with Crippen LogP contribution in [0.1, 0.15) is 12.0 Å². The lowest BCUT2D eigenvalue weighted by molar-refractivity contribution is 0.176. The second-order valence-electron chi connectivity index (χ2n) is 2.75. The molecule has 0 amide bonds. The summed E-state index contributed by atoms with van der Waals surface area (Å²) >= 11 is 11.1. The zero-order valence-electron chi connectivity index (χ0n) is 7.30. The van der Waals surface area contributed by atoms with Crippen LogP contribution in [0.2, 0.25) is 5.02 Å². The van der Waals surface area contributed by atoms with Crippen LogP contribution >= 0.6 is 23.2 Å². The minimum Gasteiger partial charge on any atom is -0.366 e. The lowest BCUT2D eigenvalue weighted by atomic mass is 10.1. The highest BCUT2D eigenvalue weighted by Gasteiger charge is 1.93. The SMILES string of the molecule is ClCOCCCc1ccc(Cl)cc1. The van der Waals surface area contributed by atoms with E-state index in [1.807, 2.05) is 24.3 Å². The van der Waals surface area contributed by atoms with E-state index in [1.165, 1.54) is 5.56 Å². The fraction of sp³-hybridized carbons (Fsp3) is 0.400. The van der Waals surface area contributed by atoms with Crippen LogP contribution in [0.4, 0.5) is 0 Å². The van der Waals surface area contributed by atoms with Crippen molar-refractivity contribution >= 4 is 23.2 Å². The third-order valence-electron chi connectivity index (χ3n) is 1.74. The molecule has 0 aliphatic rings. The van der Waals surface area contributed by atoms with Gasteiger partial charge in [-0.1, -0.05) is 35.3 Å². The Morgan fingerprint density at radius 3 is 2.46 bits per heavy atom. The fourth-order valence-electron chi connectivity index (χ4n) is 1.08. The molecule has 0 saturated carbocycles. The largest absolute Gasteiger partial charge is 0.366 e. The molecule has 0 fully saturated rings. The fourth-order valence-corrected chi connectivity index (χ4v) is 1.32. The van der Waals surface area contributed by atoms with Crippen LogP contribution in [0.15, 0.2) is 24.3 Å². The summed E-state index contributed by atoms with van der Waals surface area (Å²) in [7, 11) is 0. The Morgan fingerprint density at radius 1 is 1.15 bits per heavy atom. The van der Waals surface area contributed by atoms with Crippen LogP contribution in [-0.4, -0.2) is 12.7 Å². The number of ether oxygens (including phenoxy) is 1.